The van der Waals surface area contributed by atoms with Crippen LogP contribution in [0.3, 0.4) is 0 Å². The minimum absolute atomic E-state index is 0.614. The van der Waals surface area contributed by atoms with Crippen molar-refractivity contribution in [1.29, 1.82) is 5.53 Å². The first-order valence-electron chi connectivity index (χ1n) is 9.66. The van der Waals surface area contributed by atoms with Crippen LogP contribution in [0.25, 0.3) is 16.5 Å². The maximum absolute atomic E-state index is 7.36. The van der Waals surface area contributed by atoms with Crippen molar-refractivity contribution >= 4 is 22.3 Å². The first-order valence-corrected chi connectivity index (χ1v) is 9.66. The molecule has 1 fully saturated rings. The van der Waals surface area contributed by atoms with Gasteiger partial charge >= 0.3 is 0 Å². The van der Waals surface area contributed by atoms with Gasteiger partial charge in [0.1, 0.15) is 11.5 Å². The lowest BCUT2D eigenvalue weighted by Gasteiger charge is -2.32. The molecule has 6 heteroatoms. The fourth-order valence-corrected chi connectivity index (χ4v) is 3.83. The van der Waals surface area contributed by atoms with E-state index in [1.807, 2.05) is 25.4 Å². The van der Waals surface area contributed by atoms with Gasteiger partial charge in [-0.15, -0.1) is 0 Å². The number of hydrogen-bond donors (Lipinski definition) is 3. The molecule has 1 aromatic carbocycles. The Morgan fingerprint density at radius 3 is 2.67 bits per heavy atom. The van der Waals surface area contributed by atoms with Crippen LogP contribution >= 0.6 is 0 Å². The third-order valence-electron chi connectivity index (χ3n) is 5.54. The van der Waals surface area contributed by atoms with E-state index in [-0.39, 0.29) is 0 Å². The van der Waals surface area contributed by atoms with Crippen molar-refractivity contribution in [3.05, 3.63) is 42.2 Å². The van der Waals surface area contributed by atoms with Gasteiger partial charge in [-0.3, -0.25) is 0 Å². The van der Waals surface area contributed by atoms with Crippen molar-refractivity contribution in [2.24, 2.45) is 11.0 Å². The minimum Gasteiger partial charge on any atom is -0.392 e. The van der Waals surface area contributed by atoms with Crippen LogP contribution in [-0.2, 0) is 0 Å². The van der Waals surface area contributed by atoms with Crippen molar-refractivity contribution in [1.82, 2.24) is 15.2 Å². The molecule has 1 saturated carbocycles. The second-order valence-electron chi connectivity index (χ2n) is 7.58. The first kappa shape index (κ1) is 19.3. The van der Waals surface area contributed by atoms with E-state index in [1.165, 1.54) is 25.7 Å². The Balaban J connectivity index is 1.67. The number of nitrogens with one attached hydrogen (secondary N) is 3. The fraction of sp³-hybridized carbons (Fsp3) is 0.476. The number of nitrogens with zero attached hydrogens (tertiary/aromatic N) is 3. The number of pyridine rings is 1. The summed E-state index contributed by atoms with van der Waals surface area (Å²) in [5, 5.41) is 12.3. The number of rotatable bonds is 7. The highest BCUT2D eigenvalue weighted by Crippen LogP contribution is 2.27. The topological polar surface area (TPSA) is 76.4 Å². The SMILES string of the molecule is CN/C=C(\N=N)c1ccc2cnc(NC[C@H]3CC[C@H](N(C)C)CC3)cc2c1. The Labute approximate surface area is 161 Å². The van der Waals surface area contributed by atoms with Crippen LogP contribution in [0.2, 0.25) is 0 Å². The number of aromatic nitrogens is 1. The molecule has 1 heterocycles. The van der Waals surface area contributed by atoms with Gasteiger partial charge in [0.2, 0.25) is 0 Å². The molecule has 3 N–H and O–H groups in total. The summed E-state index contributed by atoms with van der Waals surface area (Å²) < 4.78 is 0. The molecule has 0 saturated heterocycles. The molecular formula is C21H30N6. The molecule has 0 spiro atoms. The predicted octanol–water partition coefficient (Wildman–Crippen LogP) is 4.32. The quantitative estimate of drug-likeness (QED) is 0.638. The highest BCUT2D eigenvalue weighted by atomic mass is 15.1. The molecule has 0 bridgehead atoms. The van der Waals surface area contributed by atoms with Gasteiger partial charge in [0.05, 0.1) is 0 Å². The average molecular weight is 367 g/mol. The molecule has 0 atom stereocenters. The van der Waals surface area contributed by atoms with Crippen molar-refractivity contribution in [3.8, 4) is 0 Å². The van der Waals surface area contributed by atoms with E-state index in [2.05, 4.69) is 51.9 Å². The molecule has 1 aliphatic rings. The van der Waals surface area contributed by atoms with Gasteiger partial charge in [0.15, 0.2) is 0 Å². The van der Waals surface area contributed by atoms with E-state index in [0.717, 1.165) is 40.7 Å². The lowest BCUT2D eigenvalue weighted by Crippen LogP contribution is -2.33. The lowest BCUT2D eigenvalue weighted by molar-refractivity contribution is 0.198. The summed E-state index contributed by atoms with van der Waals surface area (Å²) in [6, 6.07) is 8.89. The Kier molecular flexibility index (Phi) is 6.40. The third kappa shape index (κ3) is 4.83. The summed E-state index contributed by atoms with van der Waals surface area (Å²) in [6.45, 7) is 0.977. The molecule has 3 rings (SSSR count). The van der Waals surface area contributed by atoms with E-state index in [0.29, 0.717) is 5.70 Å². The van der Waals surface area contributed by atoms with Crippen LogP contribution in [0.4, 0.5) is 5.82 Å². The van der Waals surface area contributed by atoms with Crippen LogP contribution in [-0.4, -0.2) is 43.6 Å². The van der Waals surface area contributed by atoms with Gasteiger partial charge in [-0.1, -0.05) is 12.1 Å². The standard InChI is InChI=1S/C21H30N6/c1-23-14-20(26-22)16-6-7-17-13-25-21(11-18(17)10-16)24-12-15-4-8-19(9-5-15)27(2)3/h6-7,10-11,13-15,19,22-23H,4-5,8-9,12H2,1-3H3,(H,24,25)/b20-14-,26-22?/t15-,19-. The summed E-state index contributed by atoms with van der Waals surface area (Å²) in [6.07, 6.45) is 8.76. The average Bonchev–Trinajstić information content (AvgIpc) is 2.70. The van der Waals surface area contributed by atoms with E-state index >= 15 is 0 Å². The fourth-order valence-electron chi connectivity index (χ4n) is 3.83. The Morgan fingerprint density at radius 1 is 1.22 bits per heavy atom. The number of hydrogen-bond acceptors (Lipinski definition) is 6. The third-order valence-corrected chi connectivity index (χ3v) is 5.54. The normalized spacial score (nSPS) is 20.7. The molecule has 1 aromatic heterocycles. The van der Waals surface area contributed by atoms with E-state index in [4.69, 9.17) is 5.53 Å². The van der Waals surface area contributed by atoms with Crippen molar-refractivity contribution in [2.45, 2.75) is 31.7 Å². The maximum Gasteiger partial charge on any atom is 0.126 e. The van der Waals surface area contributed by atoms with Gasteiger partial charge in [-0.05, 0) is 63.2 Å². The molecule has 0 unspecified atom stereocenters. The van der Waals surface area contributed by atoms with E-state index < -0.39 is 0 Å². The zero-order valence-electron chi connectivity index (χ0n) is 16.5. The highest BCUT2D eigenvalue weighted by molar-refractivity contribution is 5.87. The second kappa shape index (κ2) is 8.95. The van der Waals surface area contributed by atoms with Gasteiger partial charge in [-0.25, -0.2) is 10.5 Å². The summed E-state index contributed by atoms with van der Waals surface area (Å²) in [7, 11) is 6.17. The zero-order valence-corrected chi connectivity index (χ0v) is 16.5. The smallest absolute Gasteiger partial charge is 0.126 e. The molecule has 2 aromatic rings. The predicted molar refractivity (Wildman–Crippen MR) is 112 cm³/mol. The van der Waals surface area contributed by atoms with Crippen molar-refractivity contribution in [2.75, 3.05) is 33.0 Å². The van der Waals surface area contributed by atoms with Gasteiger partial charge in [0.25, 0.3) is 0 Å². The molecule has 144 valence electrons. The Morgan fingerprint density at radius 2 is 2.00 bits per heavy atom. The molecule has 0 amide bonds. The van der Waals surface area contributed by atoms with Crippen LogP contribution in [0.15, 0.2) is 41.8 Å². The lowest BCUT2D eigenvalue weighted by atomic mass is 9.85. The molecule has 0 radical (unpaired) electrons. The first-order chi connectivity index (χ1) is 13.1. The Bertz CT molecular complexity index is 805. The maximum atomic E-state index is 7.36. The van der Waals surface area contributed by atoms with Gasteiger partial charge < -0.3 is 15.5 Å². The number of benzene rings is 1. The van der Waals surface area contributed by atoms with Crippen LogP contribution in [0, 0.1) is 11.4 Å². The van der Waals surface area contributed by atoms with Crippen molar-refractivity contribution < 1.29 is 0 Å². The van der Waals surface area contributed by atoms with E-state index in [9.17, 15) is 0 Å². The highest BCUT2D eigenvalue weighted by Gasteiger charge is 2.22. The molecule has 0 aliphatic heterocycles. The summed E-state index contributed by atoms with van der Waals surface area (Å²) >= 11 is 0. The van der Waals surface area contributed by atoms with E-state index in [1.54, 1.807) is 6.20 Å². The van der Waals surface area contributed by atoms with Gasteiger partial charge in [-0.2, -0.15) is 5.11 Å². The van der Waals surface area contributed by atoms with Crippen LogP contribution in [0.1, 0.15) is 31.2 Å². The largest absolute Gasteiger partial charge is 0.392 e. The van der Waals surface area contributed by atoms with Crippen LogP contribution in [0.5, 0.6) is 0 Å². The second-order valence-corrected chi connectivity index (χ2v) is 7.58. The number of fused-ring (bicyclic) bond motifs is 1. The number of anilines is 1. The Hall–Kier alpha value is -2.47. The minimum atomic E-state index is 0.614. The van der Waals surface area contributed by atoms with Gasteiger partial charge in [0, 0.05) is 43.0 Å². The molecular weight excluding hydrogens is 336 g/mol. The zero-order chi connectivity index (χ0) is 19.2. The monoisotopic (exact) mass is 366 g/mol. The summed E-state index contributed by atoms with van der Waals surface area (Å²) in [4.78, 5) is 6.91. The molecule has 27 heavy (non-hydrogen) atoms. The van der Waals surface area contributed by atoms with Crippen LogP contribution < -0.4 is 10.6 Å². The van der Waals surface area contributed by atoms with Crippen molar-refractivity contribution in [3.63, 3.8) is 0 Å². The molecule has 6 nitrogen and oxygen atoms in total. The summed E-state index contributed by atoms with van der Waals surface area (Å²) in [5.41, 5.74) is 8.90. The summed E-state index contributed by atoms with van der Waals surface area (Å²) in [5.74, 6) is 1.63. The molecule has 1 aliphatic carbocycles.